The maximum absolute atomic E-state index is 11.2. The third-order valence-corrected chi connectivity index (χ3v) is 1.80. The van der Waals surface area contributed by atoms with Crippen LogP contribution in [0.2, 0.25) is 0 Å². The van der Waals surface area contributed by atoms with E-state index in [1.165, 1.54) is 0 Å². The van der Waals surface area contributed by atoms with Gasteiger partial charge in [-0.15, -0.1) is 0 Å². The summed E-state index contributed by atoms with van der Waals surface area (Å²) in [5.74, 6) is -0.581. The molecule has 0 aromatic heterocycles. The van der Waals surface area contributed by atoms with E-state index in [2.05, 4.69) is 19.2 Å². The predicted octanol–water partition coefficient (Wildman–Crippen LogP) is 1.40. The molecule has 0 rings (SSSR count). The van der Waals surface area contributed by atoms with Gasteiger partial charge in [0.05, 0.1) is 6.42 Å². The molecule has 0 radical (unpaired) electrons. The van der Waals surface area contributed by atoms with Gasteiger partial charge in [-0.3, -0.25) is 9.59 Å². The normalized spacial score (nSPS) is 12.6. The molecular formula is C10H19NO3. The first kappa shape index (κ1) is 12.9. The van der Waals surface area contributed by atoms with Crippen LogP contribution in [-0.4, -0.2) is 23.0 Å². The van der Waals surface area contributed by atoms with E-state index >= 15 is 0 Å². The molecule has 2 N–H and O–H groups in total. The van der Waals surface area contributed by atoms with Gasteiger partial charge in [0.2, 0.25) is 5.91 Å². The SMILES string of the molecule is CC(C)CC(C)NC(=O)CCC(=O)O. The Morgan fingerprint density at radius 3 is 2.21 bits per heavy atom. The quantitative estimate of drug-likeness (QED) is 0.682. The number of hydrogen-bond donors (Lipinski definition) is 2. The van der Waals surface area contributed by atoms with E-state index in [1.807, 2.05) is 6.92 Å². The molecule has 0 aromatic carbocycles. The number of carboxylic acids is 1. The van der Waals surface area contributed by atoms with Crippen LogP contribution >= 0.6 is 0 Å². The largest absolute Gasteiger partial charge is 0.481 e. The molecule has 0 aliphatic rings. The Morgan fingerprint density at radius 2 is 1.79 bits per heavy atom. The Balaban J connectivity index is 3.65. The average molecular weight is 201 g/mol. The highest BCUT2D eigenvalue weighted by Crippen LogP contribution is 2.04. The molecule has 0 aliphatic carbocycles. The highest BCUT2D eigenvalue weighted by atomic mass is 16.4. The molecule has 0 bridgehead atoms. The summed E-state index contributed by atoms with van der Waals surface area (Å²) < 4.78 is 0. The van der Waals surface area contributed by atoms with Crippen molar-refractivity contribution in [3.8, 4) is 0 Å². The van der Waals surface area contributed by atoms with Gasteiger partial charge in [0.15, 0.2) is 0 Å². The number of carboxylic acid groups (broad SMARTS) is 1. The van der Waals surface area contributed by atoms with E-state index in [-0.39, 0.29) is 24.8 Å². The second kappa shape index (κ2) is 6.40. The second-order valence-electron chi connectivity index (χ2n) is 3.99. The third-order valence-electron chi connectivity index (χ3n) is 1.80. The molecule has 1 amide bonds. The van der Waals surface area contributed by atoms with Crippen LogP contribution in [0.25, 0.3) is 0 Å². The molecule has 4 heteroatoms. The van der Waals surface area contributed by atoms with Gasteiger partial charge in [0.1, 0.15) is 0 Å². The summed E-state index contributed by atoms with van der Waals surface area (Å²) in [5.41, 5.74) is 0. The monoisotopic (exact) mass is 201 g/mol. The summed E-state index contributed by atoms with van der Waals surface area (Å²) in [7, 11) is 0. The highest BCUT2D eigenvalue weighted by molar-refractivity contribution is 5.80. The topological polar surface area (TPSA) is 66.4 Å². The lowest BCUT2D eigenvalue weighted by atomic mass is 10.1. The van der Waals surface area contributed by atoms with Crippen molar-refractivity contribution in [2.75, 3.05) is 0 Å². The van der Waals surface area contributed by atoms with Gasteiger partial charge in [0, 0.05) is 12.5 Å². The zero-order chi connectivity index (χ0) is 11.1. The molecule has 0 spiro atoms. The molecule has 82 valence electrons. The maximum atomic E-state index is 11.2. The van der Waals surface area contributed by atoms with Gasteiger partial charge in [-0.2, -0.15) is 0 Å². The molecule has 14 heavy (non-hydrogen) atoms. The molecule has 0 saturated heterocycles. The Kier molecular flexibility index (Phi) is 5.92. The first-order chi connectivity index (χ1) is 6.41. The second-order valence-corrected chi connectivity index (χ2v) is 3.99. The van der Waals surface area contributed by atoms with Crippen molar-refractivity contribution < 1.29 is 14.7 Å². The molecular weight excluding hydrogens is 182 g/mol. The van der Waals surface area contributed by atoms with Crippen LogP contribution in [-0.2, 0) is 9.59 Å². The van der Waals surface area contributed by atoms with Crippen molar-refractivity contribution in [3.05, 3.63) is 0 Å². The Labute approximate surface area is 84.7 Å². The van der Waals surface area contributed by atoms with E-state index in [0.29, 0.717) is 5.92 Å². The summed E-state index contributed by atoms with van der Waals surface area (Å²) in [6.07, 6.45) is 0.886. The molecule has 1 unspecified atom stereocenters. The smallest absolute Gasteiger partial charge is 0.303 e. The van der Waals surface area contributed by atoms with Crippen LogP contribution in [0.5, 0.6) is 0 Å². The van der Waals surface area contributed by atoms with E-state index in [9.17, 15) is 9.59 Å². The summed E-state index contributed by atoms with van der Waals surface area (Å²) in [5, 5.41) is 11.1. The van der Waals surface area contributed by atoms with Gasteiger partial charge >= 0.3 is 5.97 Å². The Bertz CT molecular complexity index is 202. The number of hydrogen-bond acceptors (Lipinski definition) is 2. The number of aliphatic carboxylic acids is 1. The fraction of sp³-hybridized carbons (Fsp3) is 0.800. The Hall–Kier alpha value is -1.06. The van der Waals surface area contributed by atoms with Crippen LogP contribution in [0.4, 0.5) is 0 Å². The molecule has 0 aromatic rings. The first-order valence-electron chi connectivity index (χ1n) is 4.93. The lowest BCUT2D eigenvalue weighted by Crippen LogP contribution is -2.33. The van der Waals surface area contributed by atoms with E-state index in [4.69, 9.17) is 5.11 Å². The summed E-state index contributed by atoms with van der Waals surface area (Å²) in [4.78, 5) is 21.4. The third kappa shape index (κ3) is 7.58. The van der Waals surface area contributed by atoms with E-state index < -0.39 is 5.97 Å². The number of nitrogens with one attached hydrogen (secondary N) is 1. The minimum atomic E-state index is -0.934. The fourth-order valence-corrected chi connectivity index (χ4v) is 1.33. The van der Waals surface area contributed by atoms with E-state index in [0.717, 1.165) is 6.42 Å². The molecule has 0 aliphatic heterocycles. The van der Waals surface area contributed by atoms with Crippen molar-refractivity contribution in [2.45, 2.75) is 46.1 Å². The molecule has 0 heterocycles. The van der Waals surface area contributed by atoms with Crippen LogP contribution in [0.3, 0.4) is 0 Å². The number of carbonyl (C=O) groups is 2. The summed E-state index contributed by atoms with van der Waals surface area (Å²) in [6.45, 7) is 6.10. The lowest BCUT2D eigenvalue weighted by molar-refractivity contribution is -0.138. The van der Waals surface area contributed by atoms with Crippen LogP contribution in [0, 0.1) is 5.92 Å². The highest BCUT2D eigenvalue weighted by Gasteiger charge is 2.10. The van der Waals surface area contributed by atoms with Crippen molar-refractivity contribution in [3.63, 3.8) is 0 Å². The van der Waals surface area contributed by atoms with Gasteiger partial charge in [-0.25, -0.2) is 0 Å². The summed E-state index contributed by atoms with van der Waals surface area (Å²) >= 11 is 0. The van der Waals surface area contributed by atoms with Crippen LogP contribution < -0.4 is 5.32 Å². The lowest BCUT2D eigenvalue weighted by Gasteiger charge is -2.15. The van der Waals surface area contributed by atoms with Crippen LogP contribution in [0.1, 0.15) is 40.0 Å². The number of carbonyl (C=O) groups excluding carboxylic acids is 1. The molecule has 1 atom stereocenters. The summed E-state index contributed by atoms with van der Waals surface area (Å²) in [6, 6.07) is 0.122. The zero-order valence-electron chi connectivity index (χ0n) is 9.04. The average Bonchev–Trinajstić information content (AvgIpc) is 1.98. The molecule has 0 saturated carbocycles. The Morgan fingerprint density at radius 1 is 1.21 bits per heavy atom. The van der Waals surface area contributed by atoms with Gasteiger partial charge < -0.3 is 10.4 Å². The molecule has 0 fully saturated rings. The van der Waals surface area contributed by atoms with Crippen molar-refractivity contribution in [2.24, 2.45) is 5.92 Å². The zero-order valence-corrected chi connectivity index (χ0v) is 9.04. The van der Waals surface area contributed by atoms with Crippen molar-refractivity contribution in [1.82, 2.24) is 5.32 Å². The number of rotatable bonds is 6. The first-order valence-corrected chi connectivity index (χ1v) is 4.93. The van der Waals surface area contributed by atoms with Crippen LogP contribution in [0.15, 0.2) is 0 Å². The minimum Gasteiger partial charge on any atom is -0.481 e. The van der Waals surface area contributed by atoms with Crippen molar-refractivity contribution >= 4 is 11.9 Å². The number of amides is 1. The van der Waals surface area contributed by atoms with E-state index in [1.54, 1.807) is 0 Å². The maximum Gasteiger partial charge on any atom is 0.303 e. The van der Waals surface area contributed by atoms with Gasteiger partial charge in [-0.05, 0) is 19.3 Å². The molecule has 4 nitrogen and oxygen atoms in total. The standard InChI is InChI=1S/C10H19NO3/c1-7(2)6-8(3)11-9(12)4-5-10(13)14/h7-8H,4-6H2,1-3H3,(H,11,12)(H,13,14). The minimum absolute atomic E-state index is 0.0672. The van der Waals surface area contributed by atoms with Gasteiger partial charge in [0.25, 0.3) is 0 Å². The fourth-order valence-electron chi connectivity index (χ4n) is 1.33. The van der Waals surface area contributed by atoms with Crippen molar-refractivity contribution in [1.29, 1.82) is 0 Å². The van der Waals surface area contributed by atoms with Gasteiger partial charge in [-0.1, -0.05) is 13.8 Å². The predicted molar refractivity (Wildman–Crippen MR) is 53.9 cm³/mol.